The molecule has 0 aliphatic carbocycles. The van der Waals surface area contributed by atoms with E-state index in [0.717, 1.165) is 37.7 Å². The number of carbonyl (C=O) groups excluding carboxylic acids is 2. The van der Waals surface area contributed by atoms with Crippen molar-refractivity contribution in [2.75, 3.05) is 13.1 Å². The van der Waals surface area contributed by atoms with E-state index in [9.17, 15) is 24.6 Å². The Labute approximate surface area is 202 Å². The van der Waals surface area contributed by atoms with Crippen LogP contribution in [0.1, 0.15) is 78.6 Å². The molecule has 0 aromatic carbocycles. The van der Waals surface area contributed by atoms with Crippen LogP contribution in [0.15, 0.2) is 34.9 Å². The molecule has 2 heterocycles. The molecule has 34 heavy (non-hydrogen) atoms. The van der Waals surface area contributed by atoms with Crippen LogP contribution in [-0.2, 0) is 19.1 Å². The van der Waals surface area contributed by atoms with Crippen molar-refractivity contribution in [3.8, 4) is 0 Å². The number of carboxylic acids is 1. The highest BCUT2D eigenvalue weighted by atomic mass is 16.7. The maximum atomic E-state index is 11.7. The molecule has 3 atom stereocenters. The number of aliphatic carboxylic acids is 1. The molecule has 0 saturated heterocycles. The molecule has 0 aromatic rings. The fourth-order valence-corrected chi connectivity index (χ4v) is 4.52. The molecule has 0 spiro atoms. The van der Waals surface area contributed by atoms with Gasteiger partial charge < -0.3 is 25.0 Å². The second-order valence-electron chi connectivity index (χ2n) is 9.83. The van der Waals surface area contributed by atoms with Crippen molar-refractivity contribution in [2.45, 2.75) is 90.4 Å². The third-order valence-corrected chi connectivity index (χ3v) is 6.33. The molecule has 0 bridgehead atoms. The third-order valence-electron chi connectivity index (χ3n) is 6.33. The van der Waals surface area contributed by atoms with Crippen molar-refractivity contribution < 1.29 is 34.4 Å². The van der Waals surface area contributed by atoms with Gasteiger partial charge >= 0.3 is 11.9 Å². The van der Waals surface area contributed by atoms with E-state index in [0.29, 0.717) is 37.8 Å². The lowest BCUT2D eigenvalue weighted by molar-refractivity contribution is -0.183. The molecule has 3 N–H and O–H groups in total. The van der Waals surface area contributed by atoms with Gasteiger partial charge in [0.05, 0.1) is 6.10 Å². The van der Waals surface area contributed by atoms with Gasteiger partial charge in [0.25, 0.3) is 0 Å². The fourth-order valence-electron chi connectivity index (χ4n) is 4.52. The lowest BCUT2D eigenvalue weighted by atomic mass is 9.94. The van der Waals surface area contributed by atoms with Crippen molar-refractivity contribution in [3.63, 3.8) is 0 Å². The normalized spacial score (nSPS) is 22.5. The maximum absolute atomic E-state index is 11.7. The van der Waals surface area contributed by atoms with Gasteiger partial charge in [-0.25, -0.2) is 4.79 Å². The number of esters is 1. The summed E-state index contributed by atoms with van der Waals surface area (Å²) in [5.41, 5.74) is 2.64. The summed E-state index contributed by atoms with van der Waals surface area (Å²) >= 11 is 0. The minimum absolute atomic E-state index is 0.219. The topological polar surface area (TPSA) is 124 Å². The number of hydrogen-bond acceptors (Lipinski definition) is 6. The van der Waals surface area contributed by atoms with Crippen molar-refractivity contribution >= 4 is 17.8 Å². The summed E-state index contributed by atoms with van der Waals surface area (Å²) in [6, 6.07) is 0. The van der Waals surface area contributed by atoms with Gasteiger partial charge in [-0.05, 0) is 76.4 Å². The molecule has 0 aromatic heterocycles. The molecule has 2 aliphatic rings. The lowest BCUT2D eigenvalue weighted by Gasteiger charge is -2.23. The molecular weight excluding hydrogens is 438 g/mol. The lowest BCUT2D eigenvalue weighted by Crippen LogP contribution is -2.31. The van der Waals surface area contributed by atoms with E-state index in [1.165, 1.54) is 22.6 Å². The highest BCUT2D eigenvalue weighted by Crippen LogP contribution is 2.30. The van der Waals surface area contributed by atoms with Gasteiger partial charge in [0.1, 0.15) is 6.54 Å². The predicted molar refractivity (Wildman–Crippen MR) is 128 cm³/mol. The van der Waals surface area contributed by atoms with Crippen LogP contribution in [0.4, 0.5) is 0 Å². The summed E-state index contributed by atoms with van der Waals surface area (Å²) in [7, 11) is 0. The smallest absolute Gasteiger partial charge is 0.336 e. The Morgan fingerprint density at radius 1 is 1.26 bits per heavy atom. The molecule has 0 saturated carbocycles. The quantitative estimate of drug-likeness (QED) is 0.244. The zero-order chi connectivity index (χ0) is 25.3. The van der Waals surface area contributed by atoms with E-state index >= 15 is 0 Å². The molecule has 8 heteroatoms. The second kappa shape index (κ2) is 12.9. The van der Waals surface area contributed by atoms with Gasteiger partial charge in [-0.3, -0.25) is 9.59 Å². The third kappa shape index (κ3) is 9.43. The summed E-state index contributed by atoms with van der Waals surface area (Å²) in [4.78, 5) is 35.3. The van der Waals surface area contributed by atoms with Crippen LogP contribution >= 0.6 is 0 Å². The molecule has 2 aliphatic heterocycles. The summed E-state index contributed by atoms with van der Waals surface area (Å²) in [6.45, 7) is 5.86. The predicted octanol–water partition coefficient (Wildman–Crippen LogP) is 3.49. The molecular formula is C26H39NO7. The monoisotopic (exact) mass is 477 g/mol. The van der Waals surface area contributed by atoms with Gasteiger partial charge in [0.15, 0.2) is 0 Å². The number of carboxylic acid groups (broad SMARTS) is 1. The van der Waals surface area contributed by atoms with Gasteiger partial charge in [-0.2, -0.15) is 0 Å². The van der Waals surface area contributed by atoms with E-state index < -0.39 is 23.8 Å². The van der Waals surface area contributed by atoms with Crippen LogP contribution < -0.4 is 0 Å². The largest absolute Gasteiger partial charge is 0.480 e. The first-order valence-electron chi connectivity index (χ1n) is 12.2. The fraction of sp³-hybridized carbons (Fsp3) is 0.654. The molecule has 2 rings (SSSR count). The first-order valence-corrected chi connectivity index (χ1v) is 12.2. The summed E-state index contributed by atoms with van der Waals surface area (Å²) in [6.07, 6.45) is 11.6. The average Bonchev–Trinajstić information content (AvgIpc) is 3.18. The Balaban J connectivity index is 1.56. The van der Waals surface area contributed by atoms with Crippen molar-refractivity contribution in [1.29, 1.82) is 0 Å². The molecule has 3 unspecified atom stereocenters. The molecule has 1 amide bonds. The van der Waals surface area contributed by atoms with E-state index in [2.05, 4.69) is 13.0 Å². The number of carbonyl (C=O) groups is 3. The van der Waals surface area contributed by atoms with Gasteiger partial charge in [-0.1, -0.05) is 25.0 Å². The highest BCUT2D eigenvalue weighted by Gasteiger charge is 2.37. The van der Waals surface area contributed by atoms with Gasteiger partial charge in [0.2, 0.25) is 11.7 Å². The summed E-state index contributed by atoms with van der Waals surface area (Å²) in [5, 5.41) is 29.4. The van der Waals surface area contributed by atoms with Gasteiger partial charge in [0, 0.05) is 24.6 Å². The van der Waals surface area contributed by atoms with Crippen LogP contribution in [0.5, 0.6) is 0 Å². The number of allylic oxidation sites excluding steroid dienone is 2. The number of hydrogen-bond donors (Lipinski definition) is 3. The minimum Gasteiger partial charge on any atom is -0.480 e. The Hall–Kier alpha value is -2.45. The zero-order valence-corrected chi connectivity index (χ0v) is 20.6. The number of aliphatic hydroxyl groups excluding tert-OH is 1. The Bertz CT molecular complexity index is 844. The standard InChI is InChI=1S/C26H39NO7/c1-18(7-4-9-19(2)14-26(33)15-20(3)25(32)34-26)8-5-11-22(28)12-6-10-21-13-23(29)27(16-21)17-24(30)31/h8,13,15,19,22,28,33H,4-7,9-12,14,16-17H2,1-3H3,(H,30,31). The molecule has 8 nitrogen and oxygen atoms in total. The molecule has 0 fully saturated rings. The number of aliphatic hydroxyl groups is 2. The van der Waals surface area contributed by atoms with E-state index in [1.807, 2.05) is 6.92 Å². The van der Waals surface area contributed by atoms with Crippen molar-refractivity contribution in [2.24, 2.45) is 5.92 Å². The molecule has 0 radical (unpaired) electrons. The maximum Gasteiger partial charge on any atom is 0.336 e. The zero-order valence-electron chi connectivity index (χ0n) is 20.6. The Morgan fingerprint density at radius 2 is 2.00 bits per heavy atom. The van der Waals surface area contributed by atoms with E-state index in [-0.39, 0.29) is 18.4 Å². The average molecular weight is 478 g/mol. The summed E-state index contributed by atoms with van der Waals surface area (Å²) in [5.74, 6) is -2.97. The van der Waals surface area contributed by atoms with Crippen LogP contribution in [-0.4, -0.2) is 63.0 Å². The Morgan fingerprint density at radius 3 is 2.65 bits per heavy atom. The number of cyclic esters (lactones) is 1. The number of ether oxygens (including phenoxy) is 1. The van der Waals surface area contributed by atoms with Crippen LogP contribution in [0.25, 0.3) is 0 Å². The van der Waals surface area contributed by atoms with E-state index in [1.54, 1.807) is 6.92 Å². The molecule has 190 valence electrons. The van der Waals surface area contributed by atoms with Gasteiger partial charge in [-0.15, -0.1) is 0 Å². The first kappa shape index (κ1) is 27.8. The second-order valence-corrected chi connectivity index (χ2v) is 9.83. The highest BCUT2D eigenvalue weighted by molar-refractivity contribution is 5.93. The van der Waals surface area contributed by atoms with Crippen LogP contribution in [0.2, 0.25) is 0 Å². The SMILES string of the molecule is CC(=CCCC(O)CCCC1=CC(=O)N(CC(=O)O)C1)CCCC(C)CC1(O)C=C(C)C(=O)O1. The minimum atomic E-state index is -1.47. The van der Waals surface area contributed by atoms with Crippen LogP contribution in [0, 0.1) is 5.92 Å². The first-order chi connectivity index (χ1) is 16.0. The Kier molecular flexibility index (Phi) is 10.5. The number of rotatable bonds is 15. The number of amides is 1. The number of nitrogens with zero attached hydrogens (tertiary/aromatic N) is 1. The van der Waals surface area contributed by atoms with Crippen molar-refractivity contribution in [3.05, 3.63) is 34.9 Å². The van der Waals surface area contributed by atoms with Crippen molar-refractivity contribution in [1.82, 2.24) is 4.90 Å². The van der Waals surface area contributed by atoms with E-state index in [4.69, 9.17) is 9.84 Å². The summed E-state index contributed by atoms with van der Waals surface area (Å²) < 4.78 is 5.06. The van der Waals surface area contributed by atoms with Crippen LogP contribution in [0.3, 0.4) is 0 Å².